The molecule has 3 aromatic rings. The zero-order chi connectivity index (χ0) is 18.1. The van der Waals surface area contributed by atoms with Gasteiger partial charge in [0, 0.05) is 31.4 Å². The zero-order valence-electron chi connectivity index (χ0n) is 14.4. The predicted octanol–water partition coefficient (Wildman–Crippen LogP) is 1.10. The van der Waals surface area contributed by atoms with Crippen LogP contribution in [0.15, 0.2) is 29.8 Å². The van der Waals surface area contributed by atoms with E-state index in [-0.39, 0.29) is 18.0 Å². The summed E-state index contributed by atoms with van der Waals surface area (Å²) >= 11 is 1.42. The molecular weight excluding hydrogens is 352 g/mol. The molecule has 0 saturated carbocycles. The summed E-state index contributed by atoms with van der Waals surface area (Å²) in [6.45, 7) is 2.98. The van der Waals surface area contributed by atoms with Gasteiger partial charge in [0.15, 0.2) is 5.65 Å². The zero-order valence-corrected chi connectivity index (χ0v) is 15.2. The largest absolute Gasteiger partial charge is 0.374 e. The van der Waals surface area contributed by atoms with Gasteiger partial charge in [0.1, 0.15) is 0 Å². The normalized spacial score (nSPS) is 18.3. The fraction of sp³-hybridized carbons (Fsp3) is 0.353. The highest BCUT2D eigenvalue weighted by Gasteiger charge is 2.19. The maximum Gasteiger partial charge on any atom is 0.261 e. The molecule has 136 valence electrons. The van der Waals surface area contributed by atoms with Crippen LogP contribution < -0.4 is 11.1 Å². The lowest BCUT2D eigenvalue weighted by atomic mass is 10.1. The molecular formula is C17H20N6O2S. The minimum absolute atomic E-state index is 0.0392. The van der Waals surface area contributed by atoms with Crippen LogP contribution in [0.5, 0.6) is 0 Å². The summed E-state index contributed by atoms with van der Waals surface area (Å²) in [6.07, 6.45) is 1.89. The molecule has 4 heterocycles. The highest BCUT2D eigenvalue weighted by molar-refractivity contribution is 7.12. The van der Waals surface area contributed by atoms with Crippen molar-refractivity contribution in [3.8, 4) is 11.1 Å². The first-order valence-electron chi connectivity index (χ1n) is 8.37. The minimum atomic E-state index is -0.0795. The Morgan fingerprint density at radius 2 is 2.35 bits per heavy atom. The number of thiophene rings is 1. The Morgan fingerprint density at radius 3 is 3.19 bits per heavy atom. The van der Waals surface area contributed by atoms with Crippen molar-refractivity contribution >= 4 is 28.8 Å². The Labute approximate surface area is 154 Å². The summed E-state index contributed by atoms with van der Waals surface area (Å²) in [5, 5.41) is 9.04. The lowest BCUT2D eigenvalue weighted by Crippen LogP contribution is -2.45. The number of likely N-dealkylation sites (N-methyl/N-ethyl adjacent to an activating group) is 1. The molecule has 26 heavy (non-hydrogen) atoms. The van der Waals surface area contributed by atoms with Gasteiger partial charge in [-0.1, -0.05) is 0 Å². The predicted molar refractivity (Wildman–Crippen MR) is 100 cm³/mol. The first-order valence-corrected chi connectivity index (χ1v) is 9.25. The van der Waals surface area contributed by atoms with Gasteiger partial charge in [0.05, 0.1) is 17.6 Å². The number of fused-ring (bicyclic) bond motifs is 1. The number of nitrogen functional groups attached to an aromatic ring is 1. The van der Waals surface area contributed by atoms with E-state index in [0.717, 1.165) is 24.2 Å². The molecule has 1 aliphatic heterocycles. The molecule has 0 unspecified atom stereocenters. The maximum atomic E-state index is 12.4. The molecule has 0 aliphatic carbocycles. The molecule has 9 heteroatoms. The smallest absolute Gasteiger partial charge is 0.261 e. The van der Waals surface area contributed by atoms with Gasteiger partial charge in [-0.05, 0) is 36.2 Å². The fourth-order valence-electron chi connectivity index (χ4n) is 2.96. The van der Waals surface area contributed by atoms with Crippen LogP contribution in [0.3, 0.4) is 0 Å². The number of aromatic nitrogens is 3. The summed E-state index contributed by atoms with van der Waals surface area (Å²) < 4.78 is 7.31. The Morgan fingerprint density at radius 1 is 1.46 bits per heavy atom. The number of carbonyl (C=O) groups is 1. The third kappa shape index (κ3) is 3.55. The molecule has 4 rings (SSSR count). The van der Waals surface area contributed by atoms with Crippen LogP contribution in [0.4, 0.5) is 5.95 Å². The lowest BCUT2D eigenvalue weighted by Gasteiger charge is -2.30. The highest BCUT2D eigenvalue weighted by Crippen LogP contribution is 2.26. The monoisotopic (exact) mass is 372 g/mol. The number of amides is 1. The van der Waals surface area contributed by atoms with Gasteiger partial charge in [-0.2, -0.15) is 4.98 Å². The molecule has 3 aromatic heterocycles. The number of hydrogen-bond acceptors (Lipinski definition) is 7. The van der Waals surface area contributed by atoms with Gasteiger partial charge in [0.25, 0.3) is 5.91 Å². The number of nitrogens with one attached hydrogen (secondary N) is 1. The van der Waals surface area contributed by atoms with Gasteiger partial charge in [-0.3, -0.25) is 4.79 Å². The van der Waals surface area contributed by atoms with Crippen LogP contribution in [-0.2, 0) is 4.74 Å². The number of rotatable bonds is 4. The van der Waals surface area contributed by atoms with Crippen molar-refractivity contribution in [1.82, 2.24) is 24.8 Å². The number of ether oxygens (including phenoxy) is 1. The van der Waals surface area contributed by atoms with Crippen molar-refractivity contribution in [3.05, 3.63) is 34.7 Å². The summed E-state index contributed by atoms with van der Waals surface area (Å²) in [5.41, 5.74) is 8.23. The van der Waals surface area contributed by atoms with Crippen LogP contribution in [0, 0.1) is 0 Å². The van der Waals surface area contributed by atoms with Crippen molar-refractivity contribution in [3.63, 3.8) is 0 Å². The van der Waals surface area contributed by atoms with E-state index in [4.69, 9.17) is 10.5 Å². The van der Waals surface area contributed by atoms with E-state index in [1.54, 1.807) is 4.52 Å². The quantitative estimate of drug-likeness (QED) is 0.712. The summed E-state index contributed by atoms with van der Waals surface area (Å²) in [7, 11) is 2.06. The van der Waals surface area contributed by atoms with Crippen LogP contribution >= 0.6 is 11.3 Å². The van der Waals surface area contributed by atoms with Crippen LogP contribution in [0.2, 0.25) is 0 Å². The number of nitrogens with zero attached hydrogens (tertiary/aromatic N) is 4. The van der Waals surface area contributed by atoms with Crippen molar-refractivity contribution in [1.29, 1.82) is 0 Å². The summed E-state index contributed by atoms with van der Waals surface area (Å²) in [4.78, 5) is 19.4. The highest BCUT2D eigenvalue weighted by atomic mass is 32.1. The van der Waals surface area contributed by atoms with Gasteiger partial charge >= 0.3 is 0 Å². The Hall–Kier alpha value is -2.49. The maximum absolute atomic E-state index is 12.4. The third-order valence-corrected chi connectivity index (χ3v) is 5.27. The Kier molecular flexibility index (Phi) is 4.58. The Bertz CT molecular complexity index is 936. The topological polar surface area (TPSA) is 97.8 Å². The first kappa shape index (κ1) is 17.0. The van der Waals surface area contributed by atoms with Crippen molar-refractivity contribution in [2.75, 3.05) is 39.0 Å². The van der Waals surface area contributed by atoms with E-state index < -0.39 is 0 Å². The molecule has 8 nitrogen and oxygen atoms in total. The Balaban J connectivity index is 1.43. The van der Waals surface area contributed by atoms with Gasteiger partial charge in [-0.25, -0.2) is 4.52 Å². The standard InChI is InChI=1S/C17H20N6O2S/c1-22-4-5-25-13(9-22)7-19-16(24)14-6-12(10-26-14)11-2-3-15-20-17(18)21-23(15)8-11/h2-3,6,8,10,13H,4-5,7,9H2,1H3,(H2,18,21)(H,19,24)/t13-/m1/s1. The molecule has 1 amide bonds. The van der Waals surface area contributed by atoms with E-state index >= 15 is 0 Å². The van der Waals surface area contributed by atoms with Crippen molar-refractivity contribution < 1.29 is 9.53 Å². The van der Waals surface area contributed by atoms with E-state index in [1.165, 1.54) is 11.3 Å². The SMILES string of the molecule is CN1CCO[C@H](CNC(=O)c2cc(-c3ccc4nc(N)nn4c3)cs2)C1. The molecule has 1 atom stereocenters. The second kappa shape index (κ2) is 7.02. The second-order valence-corrected chi connectivity index (χ2v) is 7.27. The van der Waals surface area contributed by atoms with E-state index in [0.29, 0.717) is 23.7 Å². The van der Waals surface area contributed by atoms with Crippen molar-refractivity contribution in [2.24, 2.45) is 0 Å². The third-order valence-electron chi connectivity index (χ3n) is 4.34. The van der Waals surface area contributed by atoms with Crippen molar-refractivity contribution in [2.45, 2.75) is 6.10 Å². The molecule has 1 aliphatic rings. The number of morpholine rings is 1. The fourth-order valence-corrected chi connectivity index (χ4v) is 3.79. The number of hydrogen-bond donors (Lipinski definition) is 2. The van der Waals surface area contributed by atoms with Gasteiger partial charge < -0.3 is 20.7 Å². The average molecular weight is 372 g/mol. The summed E-state index contributed by atoms with van der Waals surface area (Å²) in [6, 6.07) is 5.68. The van der Waals surface area contributed by atoms with Crippen LogP contribution in [0.25, 0.3) is 16.8 Å². The van der Waals surface area contributed by atoms with E-state index in [1.807, 2.05) is 29.8 Å². The average Bonchev–Trinajstić information content (AvgIpc) is 3.24. The number of carbonyl (C=O) groups excluding carboxylic acids is 1. The molecule has 0 aromatic carbocycles. The number of pyridine rings is 1. The van der Waals surface area contributed by atoms with Crippen LogP contribution in [-0.4, -0.2) is 64.8 Å². The molecule has 3 N–H and O–H groups in total. The lowest BCUT2D eigenvalue weighted by molar-refractivity contribution is -0.0174. The van der Waals surface area contributed by atoms with Crippen LogP contribution in [0.1, 0.15) is 9.67 Å². The van der Waals surface area contributed by atoms with Gasteiger partial charge in [-0.15, -0.1) is 16.4 Å². The minimum Gasteiger partial charge on any atom is -0.374 e. The summed E-state index contributed by atoms with van der Waals surface area (Å²) in [5.74, 6) is 0.160. The molecule has 1 saturated heterocycles. The van der Waals surface area contributed by atoms with E-state index in [2.05, 4.69) is 27.3 Å². The molecule has 0 bridgehead atoms. The first-order chi connectivity index (χ1) is 12.6. The molecule has 1 fully saturated rings. The second-order valence-electron chi connectivity index (χ2n) is 6.36. The van der Waals surface area contributed by atoms with Gasteiger partial charge in [0.2, 0.25) is 5.95 Å². The number of nitrogens with two attached hydrogens (primary N) is 1. The molecule has 0 spiro atoms. The van der Waals surface area contributed by atoms with E-state index in [9.17, 15) is 4.79 Å². The number of anilines is 1. The molecule has 0 radical (unpaired) electrons.